The maximum atomic E-state index is 12.6. The van der Waals surface area contributed by atoms with E-state index in [-0.39, 0.29) is 11.8 Å². The SMILES string of the molecule is O=C(NCc1ccccc1-c1ccc(CN2CCCC2=O)cc1)c1cc(Cl)ccc1Cl. The third kappa shape index (κ3) is 5.09. The van der Waals surface area contributed by atoms with Gasteiger partial charge in [-0.3, -0.25) is 9.59 Å². The van der Waals surface area contributed by atoms with Crippen LogP contribution in [0.15, 0.2) is 66.7 Å². The number of hydrogen-bond donors (Lipinski definition) is 1. The standard InChI is InChI=1S/C25H22Cl2N2O2/c26-20-11-12-23(27)22(14-20)25(31)28-15-19-4-1-2-5-21(19)18-9-7-17(8-10-18)16-29-13-3-6-24(29)30/h1-2,4-5,7-12,14H,3,6,13,15-16H2,(H,28,31). The van der Waals surface area contributed by atoms with Crippen LogP contribution in [0.1, 0.15) is 34.3 Å². The van der Waals surface area contributed by atoms with E-state index in [9.17, 15) is 9.59 Å². The second-order valence-corrected chi connectivity index (χ2v) is 8.42. The molecule has 0 saturated carbocycles. The molecule has 0 aliphatic carbocycles. The Labute approximate surface area is 191 Å². The highest BCUT2D eigenvalue weighted by Crippen LogP contribution is 2.26. The van der Waals surface area contributed by atoms with Gasteiger partial charge in [0.1, 0.15) is 0 Å². The van der Waals surface area contributed by atoms with E-state index in [2.05, 4.69) is 29.6 Å². The summed E-state index contributed by atoms with van der Waals surface area (Å²) >= 11 is 12.1. The van der Waals surface area contributed by atoms with E-state index in [1.165, 1.54) is 0 Å². The van der Waals surface area contributed by atoms with E-state index >= 15 is 0 Å². The molecule has 1 aliphatic rings. The molecular weight excluding hydrogens is 431 g/mol. The molecule has 0 spiro atoms. The largest absolute Gasteiger partial charge is 0.348 e. The third-order valence-electron chi connectivity index (χ3n) is 5.44. The van der Waals surface area contributed by atoms with Gasteiger partial charge in [0, 0.05) is 31.1 Å². The van der Waals surface area contributed by atoms with Crippen LogP contribution in [0.3, 0.4) is 0 Å². The number of amides is 2. The highest BCUT2D eigenvalue weighted by Gasteiger charge is 2.20. The average Bonchev–Trinajstić information content (AvgIpc) is 3.19. The second kappa shape index (κ2) is 9.54. The summed E-state index contributed by atoms with van der Waals surface area (Å²) in [5, 5.41) is 3.76. The zero-order valence-corrected chi connectivity index (χ0v) is 18.4. The quantitative estimate of drug-likeness (QED) is 0.520. The molecule has 0 bridgehead atoms. The molecule has 158 valence electrons. The number of carbonyl (C=O) groups is 2. The Morgan fingerprint density at radius 3 is 2.52 bits per heavy atom. The zero-order chi connectivity index (χ0) is 21.8. The van der Waals surface area contributed by atoms with Gasteiger partial charge in [-0.25, -0.2) is 0 Å². The van der Waals surface area contributed by atoms with Gasteiger partial charge in [-0.05, 0) is 46.9 Å². The summed E-state index contributed by atoms with van der Waals surface area (Å²) in [6, 6.07) is 21.0. The van der Waals surface area contributed by atoms with Crippen LogP contribution >= 0.6 is 23.2 Å². The van der Waals surface area contributed by atoms with Crippen molar-refractivity contribution in [2.45, 2.75) is 25.9 Å². The van der Waals surface area contributed by atoms with Gasteiger partial charge in [0.2, 0.25) is 5.91 Å². The normalized spacial score (nSPS) is 13.5. The van der Waals surface area contributed by atoms with Crippen molar-refractivity contribution in [1.29, 1.82) is 0 Å². The molecule has 6 heteroatoms. The lowest BCUT2D eigenvalue weighted by Crippen LogP contribution is -2.23. The summed E-state index contributed by atoms with van der Waals surface area (Å²) in [4.78, 5) is 26.3. The summed E-state index contributed by atoms with van der Waals surface area (Å²) in [7, 11) is 0. The summed E-state index contributed by atoms with van der Waals surface area (Å²) in [6.45, 7) is 1.85. The van der Waals surface area contributed by atoms with Gasteiger partial charge >= 0.3 is 0 Å². The molecule has 1 saturated heterocycles. The summed E-state index contributed by atoms with van der Waals surface area (Å²) in [5.74, 6) is -0.0436. The van der Waals surface area contributed by atoms with E-state index in [4.69, 9.17) is 23.2 Å². The van der Waals surface area contributed by atoms with Crippen molar-refractivity contribution in [2.75, 3.05) is 6.54 Å². The predicted molar refractivity (Wildman–Crippen MR) is 124 cm³/mol. The van der Waals surface area contributed by atoms with Gasteiger partial charge in [-0.15, -0.1) is 0 Å². The molecule has 1 aliphatic heterocycles. The lowest BCUT2D eigenvalue weighted by Gasteiger charge is -2.16. The molecule has 1 heterocycles. The first-order valence-electron chi connectivity index (χ1n) is 10.2. The van der Waals surface area contributed by atoms with Crippen LogP contribution in [0.5, 0.6) is 0 Å². The van der Waals surface area contributed by atoms with Crippen molar-refractivity contribution in [1.82, 2.24) is 10.2 Å². The fraction of sp³-hybridized carbons (Fsp3) is 0.200. The van der Waals surface area contributed by atoms with Crippen molar-refractivity contribution >= 4 is 35.0 Å². The third-order valence-corrected chi connectivity index (χ3v) is 6.00. The Hall–Kier alpha value is -2.82. The average molecular weight is 453 g/mol. The molecule has 31 heavy (non-hydrogen) atoms. The fourth-order valence-corrected chi connectivity index (χ4v) is 4.16. The van der Waals surface area contributed by atoms with Crippen LogP contribution in [-0.4, -0.2) is 23.3 Å². The predicted octanol–water partition coefficient (Wildman–Crippen LogP) is 5.71. The maximum absolute atomic E-state index is 12.6. The Balaban J connectivity index is 1.47. The summed E-state index contributed by atoms with van der Waals surface area (Å²) in [5.41, 5.74) is 4.57. The topological polar surface area (TPSA) is 49.4 Å². The smallest absolute Gasteiger partial charge is 0.253 e. The van der Waals surface area contributed by atoms with Crippen LogP contribution in [0.4, 0.5) is 0 Å². The molecule has 3 aromatic carbocycles. The van der Waals surface area contributed by atoms with E-state index in [1.807, 2.05) is 29.2 Å². The minimum atomic E-state index is -0.270. The van der Waals surface area contributed by atoms with Crippen LogP contribution in [0, 0.1) is 0 Å². The Kier molecular flexibility index (Phi) is 6.59. The van der Waals surface area contributed by atoms with Crippen molar-refractivity contribution in [2.24, 2.45) is 0 Å². The minimum Gasteiger partial charge on any atom is -0.348 e. The van der Waals surface area contributed by atoms with Crippen LogP contribution in [-0.2, 0) is 17.9 Å². The molecule has 1 N–H and O–H groups in total. The molecule has 4 rings (SSSR count). The van der Waals surface area contributed by atoms with Crippen molar-refractivity contribution in [3.8, 4) is 11.1 Å². The van der Waals surface area contributed by atoms with Crippen molar-refractivity contribution < 1.29 is 9.59 Å². The fourth-order valence-electron chi connectivity index (χ4n) is 3.78. The number of nitrogens with one attached hydrogen (secondary N) is 1. The molecule has 2 amide bonds. The molecule has 0 aromatic heterocycles. The van der Waals surface area contributed by atoms with E-state index in [0.29, 0.717) is 35.1 Å². The summed E-state index contributed by atoms with van der Waals surface area (Å²) < 4.78 is 0. The first kappa shape index (κ1) is 21.4. The number of nitrogens with zero attached hydrogens (tertiary/aromatic N) is 1. The molecule has 0 unspecified atom stereocenters. The molecule has 4 nitrogen and oxygen atoms in total. The number of carbonyl (C=O) groups excluding carboxylic acids is 2. The number of halogens is 2. The van der Waals surface area contributed by atoms with Crippen molar-refractivity contribution in [3.63, 3.8) is 0 Å². The Bertz CT molecular complexity index is 1110. The van der Waals surface area contributed by atoms with Crippen LogP contribution in [0.2, 0.25) is 10.0 Å². The van der Waals surface area contributed by atoms with Crippen LogP contribution < -0.4 is 5.32 Å². The monoisotopic (exact) mass is 452 g/mol. The van der Waals surface area contributed by atoms with E-state index in [0.717, 1.165) is 35.2 Å². The lowest BCUT2D eigenvalue weighted by atomic mass is 9.98. The Morgan fingerprint density at radius 1 is 1.00 bits per heavy atom. The number of rotatable bonds is 6. The van der Waals surface area contributed by atoms with Gasteiger partial charge in [0.05, 0.1) is 10.6 Å². The number of benzene rings is 3. The molecule has 0 atom stereocenters. The first-order chi connectivity index (χ1) is 15.0. The van der Waals surface area contributed by atoms with Gasteiger partial charge in [0.25, 0.3) is 5.91 Å². The molecular formula is C25H22Cl2N2O2. The maximum Gasteiger partial charge on any atom is 0.253 e. The highest BCUT2D eigenvalue weighted by molar-refractivity contribution is 6.35. The minimum absolute atomic E-state index is 0.227. The van der Waals surface area contributed by atoms with E-state index in [1.54, 1.807) is 18.2 Å². The molecule has 0 radical (unpaired) electrons. The van der Waals surface area contributed by atoms with E-state index < -0.39 is 0 Å². The van der Waals surface area contributed by atoms with Crippen LogP contribution in [0.25, 0.3) is 11.1 Å². The van der Waals surface area contributed by atoms with Gasteiger partial charge in [-0.1, -0.05) is 71.7 Å². The number of hydrogen-bond acceptors (Lipinski definition) is 2. The summed E-state index contributed by atoms with van der Waals surface area (Å²) in [6.07, 6.45) is 1.59. The van der Waals surface area contributed by atoms with Gasteiger partial charge in [0.15, 0.2) is 0 Å². The zero-order valence-electron chi connectivity index (χ0n) is 16.9. The lowest BCUT2D eigenvalue weighted by molar-refractivity contribution is -0.128. The molecule has 1 fully saturated rings. The van der Waals surface area contributed by atoms with Gasteiger partial charge in [-0.2, -0.15) is 0 Å². The Morgan fingerprint density at radius 2 is 1.77 bits per heavy atom. The number of likely N-dealkylation sites (tertiary alicyclic amines) is 1. The molecule has 3 aromatic rings. The van der Waals surface area contributed by atoms with Crippen molar-refractivity contribution in [3.05, 3.63) is 93.5 Å². The second-order valence-electron chi connectivity index (χ2n) is 7.58. The highest BCUT2D eigenvalue weighted by atomic mass is 35.5. The first-order valence-corrected chi connectivity index (χ1v) is 10.9. The van der Waals surface area contributed by atoms with Gasteiger partial charge < -0.3 is 10.2 Å².